The molecule has 2 saturated carbocycles. The van der Waals surface area contributed by atoms with Gasteiger partial charge in [-0.25, -0.2) is 0 Å². The topological polar surface area (TPSA) is 12.0 Å². The lowest BCUT2D eigenvalue weighted by Gasteiger charge is -2.62. The largest absolute Gasteiger partial charge is 0.311 e. The second kappa shape index (κ2) is 5.15. The summed E-state index contributed by atoms with van der Waals surface area (Å²) in [6.45, 7) is 7.60. The van der Waals surface area contributed by atoms with Crippen molar-refractivity contribution in [1.82, 2.24) is 5.32 Å². The van der Waals surface area contributed by atoms with E-state index in [2.05, 4.69) is 26.1 Å². The van der Waals surface area contributed by atoms with Gasteiger partial charge in [-0.2, -0.15) is 0 Å². The van der Waals surface area contributed by atoms with Crippen molar-refractivity contribution in [3.63, 3.8) is 0 Å². The van der Waals surface area contributed by atoms with Crippen molar-refractivity contribution in [2.45, 2.75) is 63.8 Å². The second-order valence-corrected chi connectivity index (χ2v) is 9.00. The molecule has 0 aromatic heterocycles. The quantitative estimate of drug-likeness (QED) is 0.764. The van der Waals surface area contributed by atoms with E-state index in [0.29, 0.717) is 5.41 Å². The molecule has 2 aliphatic carbocycles. The summed E-state index contributed by atoms with van der Waals surface area (Å²) < 4.78 is 0. The van der Waals surface area contributed by atoms with E-state index in [-0.39, 0.29) is 11.0 Å². The number of hydrogen-bond donors (Lipinski definition) is 1. The Hall–Kier alpha value is -0.240. The van der Waals surface area contributed by atoms with Crippen molar-refractivity contribution in [3.8, 4) is 0 Å². The third-order valence-electron chi connectivity index (χ3n) is 5.29. The summed E-state index contributed by atoms with van der Waals surface area (Å²) in [6.07, 6.45) is 6.61. The highest BCUT2D eigenvalue weighted by Crippen LogP contribution is 2.66. The Labute approximate surface area is 138 Å². The van der Waals surface area contributed by atoms with Crippen LogP contribution < -0.4 is 5.32 Å². The van der Waals surface area contributed by atoms with Crippen LogP contribution >= 0.6 is 23.2 Å². The molecular formula is C18H25Cl2N. The fourth-order valence-corrected chi connectivity index (χ4v) is 5.04. The van der Waals surface area contributed by atoms with Gasteiger partial charge in [-0.3, -0.25) is 0 Å². The lowest BCUT2D eigenvalue weighted by atomic mass is 9.43. The highest BCUT2D eigenvalue weighted by atomic mass is 35.5. The van der Waals surface area contributed by atoms with Gasteiger partial charge >= 0.3 is 0 Å². The number of benzene rings is 1. The summed E-state index contributed by atoms with van der Waals surface area (Å²) >= 11 is 13.0. The third-order valence-corrected chi connectivity index (χ3v) is 5.92. The zero-order valence-corrected chi connectivity index (χ0v) is 14.7. The van der Waals surface area contributed by atoms with Crippen LogP contribution in [0.2, 0.25) is 10.0 Å². The monoisotopic (exact) mass is 325 g/mol. The number of halogens is 2. The fourth-order valence-electron chi connectivity index (χ4n) is 4.24. The van der Waals surface area contributed by atoms with Gasteiger partial charge in [-0.1, -0.05) is 35.7 Å². The molecule has 0 atom stereocenters. The minimum Gasteiger partial charge on any atom is -0.311 e. The van der Waals surface area contributed by atoms with Crippen molar-refractivity contribution in [2.24, 2.45) is 5.41 Å². The molecule has 21 heavy (non-hydrogen) atoms. The Morgan fingerprint density at radius 2 is 1.67 bits per heavy atom. The molecular weight excluding hydrogens is 301 g/mol. The summed E-state index contributed by atoms with van der Waals surface area (Å²) in [6, 6.07) is 5.90. The summed E-state index contributed by atoms with van der Waals surface area (Å²) in [7, 11) is 0. The fraction of sp³-hybridized carbons (Fsp3) is 0.667. The average molecular weight is 326 g/mol. The Morgan fingerprint density at radius 3 is 2.10 bits per heavy atom. The summed E-state index contributed by atoms with van der Waals surface area (Å²) in [5, 5.41) is 5.34. The summed E-state index contributed by atoms with van der Waals surface area (Å²) in [4.78, 5) is 0. The molecule has 2 aliphatic rings. The van der Waals surface area contributed by atoms with E-state index in [9.17, 15) is 0 Å². The van der Waals surface area contributed by atoms with Gasteiger partial charge in [0.05, 0.1) is 0 Å². The standard InChI is InChI=1S/C18H25Cl2N/c1-16(2,3)21-12-18(10-17(11-18)8-5-9-17)15-13(19)6-4-7-14(15)20/h4,6-7,21H,5,8-12H2,1-3H3. The van der Waals surface area contributed by atoms with E-state index >= 15 is 0 Å². The average Bonchev–Trinajstić information content (AvgIpc) is 2.26. The zero-order chi connectivity index (χ0) is 15.3. The lowest BCUT2D eigenvalue weighted by Crippen LogP contribution is -2.59. The minimum atomic E-state index is 0.114. The first kappa shape index (κ1) is 15.6. The van der Waals surface area contributed by atoms with E-state index < -0.39 is 0 Å². The van der Waals surface area contributed by atoms with E-state index in [1.54, 1.807) is 0 Å². The molecule has 0 amide bonds. The van der Waals surface area contributed by atoms with Gasteiger partial charge in [0.25, 0.3) is 0 Å². The van der Waals surface area contributed by atoms with Crippen LogP contribution in [0.1, 0.15) is 58.4 Å². The van der Waals surface area contributed by atoms with E-state index in [1.165, 1.54) is 37.7 Å². The molecule has 0 unspecified atom stereocenters. The number of nitrogens with one attached hydrogen (secondary N) is 1. The molecule has 0 bridgehead atoms. The smallest absolute Gasteiger partial charge is 0.0459 e. The van der Waals surface area contributed by atoms with E-state index in [4.69, 9.17) is 23.2 Å². The van der Waals surface area contributed by atoms with Crippen LogP contribution in [0.3, 0.4) is 0 Å². The van der Waals surface area contributed by atoms with Gasteiger partial charge in [-0.05, 0) is 69.6 Å². The van der Waals surface area contributed by atoms with Crippen LogP contribution in [-0.2, 0) is 5.41 Å². The zero-order valence-electron chi connectivity index (χ0n) is 13.2. The Kier molecular flexibility index (Phi) is 3.83. The minimum absolute atomic E-state index is 0.114. The van der Waals surface area contributed by atoms with Gasteiger partial charge in [0, 0.05) is 27.5 Å². The second-order valence-electron chi connectivity index (χ2n) is 8.19. The molecule has 1 nitrogen and oxygen atoms in total. The molecule has 3 heteroatoms. The molecule has 1 aromatic rings. The van der Waals surface area contributed by atoms with Crippen molar-refractivity contribution < 1.29 is 0 Å². The van der Waals surface area contributed by atoms with E-state index in [1.807, 2.05) is 18.2 Å². The maximum Gasteiger partial charge on any atom is 0.0459 e. The van der Waals surface area contributed by atoms with Gasteiger partial charge < -0.3 is 5.32 Å². The third kappa shape index (κ3) is 2.85. The molecule has 1 aromatic carbocycles. The molecule has 0 aliphatic heterocycles. The maximum atomic E-state index is 6.52. The summed E-state index contributed by atoms with van der Waals surface area (Å²) in [5.41, 5.74) is 1.98. The molecule has 1 spiro atoms. The molecule has 0 saturated heterocycles. The summed E-state index contributed by atoms with van der Waals surface area (Å²) in [5.74, 6) is 0. The normalized spacial score (nSPS) is 22.7. The van der Waals surface area contributed by atoms with Gasteiger partial charge in [0.1, 0.15) is 0 Å². The van der Waals surface area contributed by atoms with Gasteiger partial charge in [0.2, 0.25) is 0 Å². The molecule has 0 radical (unpaired) electrons. The SMILES string of the molecule is CC(C)(C)NCC1(c2c(Cl)cccc2Cl)CC2(CCC2)C1. The van der Waals surface area contributed by atoms with Crippen LogP contribution in [0.5, 0.6) is 0 Å². The van der Waals surface area contributed by atoms with Gasteiger partial charge in [-0.15, -0.1) is 0 Å². The predicted octanol–water partition coefficient (Wildman–Crippen LogP) is 5.58. The van der Waals surface area contributed by atoms with Crippen LogP contribution in [0.25, 0.3) is 0 Å². The Bertz CT molecular complexity index is 512. The first-order valence-electron chi connectivity index (χ1n) is 7.95. The Morgan fingerprint density at radius 1 is 1.10 bits per heavy atom. The predicted molar refractivity (Wildman–Crippen MR) is 91.4 cm³/mol. The Balaban J connectivity index is 1.90. The van der Waals surface area contributed by atoms with Gasteiger partial charge in [0.15, 0.2) is 0 Å². The van der Waals surface area contributed by atoms with Crippen LogP contribution in [0.15, 0.2) is 18.2 Å². The van der Waals surface area contributed by atoms with Crippen LogP contribution in [0.4, 0.5) is 0 Å². The van der Waals surface area contributed by atoms with Crippen molar-refractivity contribution in [2.75, 3.05) is 6.54 Å². The van der Waals surface area contributed by atoms with Crippen LogP contribution in [0, 0.1) is 5.41 Å². The van der Waals surface area contributed by atoms with Crippen molar-refractivity contribution in [1.29, 1.82) is 0 Å². The first-order chi connectivity index (χ1) is 9.75. The van der Waals surface area contributed by atoms with E-state index in [0.717, 1.165) is 16.6 Å². The number of hydrogen-bond acceptors (Lipinski definition) is 1. The molecule has 0 heterocycles. The molecule has 3 rings (SSSR count). The number of rotatable bonds is 3. The maximum absolute atomic E-state index is 6.52. The highest BCUT2D eigenvalue weighted by Gasteiger charge is 2.58. The molecule has 116 valence electrons. The first-order valence-corrected chi connectivity index (χ1v) is 8.71. The highest BCUT2D eigenvalue weighted by molar-refractivity contribution is 6.36. The molecule has 2 fully saturated rings. The lowest BCUT2D eigenvalue weighted by molar-refractivity contribution is -0.0502. The van der Waals surface area contributed by atoms with Crippen LogP contribution in [-0.4, -0.2) is 12.1 Å². The van der Waals surface area contributed by atoms with Crippen molar-refractivity contribution in [3.05, 3.63) is 33.8 Å². The molecule has 1 N–H and O–H groups in total. The van der Waals surface area contributed by atoms with Crippen molar-refractivity contribution >= 4 is 23.2 Å².